The van der Waals surface area contributed by atoms with Gasteiger partial charge in [0.05, 0.1) is 17.1 Å². The van der Waals surface area contributed by atoms with E-state index in [1.54, 1.807) is 19.1 Å². The lowest BCUT2D eigenvalue weighted by Crippen LogP contribution is -2.07. The summed E-state index contributed by atoms with van der Waals surface area (Å²) in [6.45, 7) is 5.16. The van der Waals surface area contributed by atoms with Crippen molar-refractivity contribution in [1.29, 1.82) is 5.41 Å². The Hall–Kier alpha value is -1.97. The first kappa shape index (κ1) is 11.1. The first-order valence-corrected chi connectivity index (χ1v) is 4.40. The molecule has 1 aromatic rings. The number of hydrazone groups is 1. The van der Waals surface area contributed by atoms with Gasteiger partial charge in [-0.25, -0.2) is 4.39 Å². The van der Waals surface area contributed by atoms with Gasteiger partial charge in [-0.15, -0.1) is 0 Å². The van der Waals surface area contributed by atoms with Crippen molar-refractivity contribution < 1.29 is 4.39 Å². The van der Waals surface area contributed by atoms with E-state index in [0.717, 1.165) is 0 Å². The van der Waals surface area contributed by atoms with Crippen molar-refractivity contribution in [1.82, 2.24) is 0 Å². The molecular formula is C11H12FN3. The predicted octanol–water partition coefficient (Wildman–Crippen LogP) is 2.82. The number of hydrogen-bond donors (Lipinski definition) is 2. The summed E-state index contributed by atoms with van der Waals surface area (Å²) >= 11 is 0. The molecule has 15 heavy (non-hydrogen) atoms. The highest BCUT2D eigenvalue weighted by molar-refractivity contribution is 6.44. The lowest BCUT2D eigenvalue weighted by Gasteiger charge is -2.01. The molecule has 0 heterocycles. The zero-order chi connectivity index (χ0) is 11.3. The molecule has 0 spiro atoms. The van der Waals surface area contributed by atoms with Crippen LogP contribution in [0.5, 0.6) is 0 Å². The average Bonchev–Trinajstić information content (AvgIpc) is 2.26. The van der Waals surface area contributed by atoms with Gasteiger partial charge in [-0.2, -0.15) is 5.10 Å². The van der Waals surface area contributed by atoms with Gasteiger partial charge in [0.25, 0.3) is 0 Å². The molecule has 4 heteroatoms. The molecule has 0 aliphatic carbocycles. The molecule has 0 aliphatic heterocycles. The Labute approximate surface area is 87.8 Å². The number of rotatable bonds is 4. The van der Waals surface area contributed by atoms with Gasteiger partial charge < -0.3 is 0 Å². The molecule has 0 saturated heterocycles. The minimum atomic E-state index is -0.292. The lowest BCUT2D eigenvalue weighted by molar-refractivity contribution is 0.628. The maximum absolute atomic E-state index is 12.6. The molecule has 2 N–H and O–H groups in total. The van der Waals surface area contributed by atoms with E-state index in [-0.39, 0.29) is 11.5 Å². The Morgan fingerprint density at radius 3 is 2.60 bits per heavy atom. The molecule has 0 radical (unpaired) electrons. The minimum Gasteiger partial charge on any atom is -0.299 e. The number of anilines is 1. The van der Waals surface area contributed by atoms with E-state index in [4.69, 9.17) is 5.41 Å². The lowest BCUT2D eigenvalue weighted by atomic mass is 10.2. The number of nitrogens with one attached hydrogen (secondary N) is 2. The number of hydrogen-bond acceptors (Lipinski definition) is 3. The smallest absolute Gasteiger partial charge is 0.123 e. The minimum absolute atomic E-state index is 0.254. The van der Waals surface area contributed by atoms with Gasteiger partial charge in [0, 0.05) is 0 Å². The van der Waals surface area contributed by atoms with E-state index in [1.165, 1.54) is 18.2 Å². The molecule has 78 valence electrons. The number of nitrogens with zero attached hydrogens (tertiary/aromatic N) is 1. The Morgan fingerprint density at radius 1 is 1.47 bits per heavy atom. The third kappa shape index (κ3) is 3.34. The van der Waals surface area contributed by atoms with Crippen molar-refractivity contribution in [3.8, 4) is 0 Å². The van der Waals surface area contributed by atoms with E-state index in [2.05, 4.69) is 17.1 Å². The van der Waals surface area contributed by atoms with Crippen LogP contribution in [0.2, 0.25) is 0 Å². The van der Waals surface area contributed by atoms with Crippen molar-refractivity contribution in [3.63, 3.8) is 0 Å². The number of halogens is 1. The first-order chi connectivity index (χ1) is 7.13. The van der Waals surface area contributed by atoms with E-state index in [9.17, 15) is 4.39 Å². The highest BCUT2D eigenvalue weighted by Gasteiger charge is 1.95. The molecule has 0 unspecified atom stereocenters. The van der Waals surface area contributed by atoms with Crippen molar-refractivity contribution in [2.45, 2.75) is 6.92 Å². The topological polar surface area (TPSA) is 48.2 Å². The normalized spacial score (nSPS) is 10.9. The van der Waals surface area contributed by atoms with Gasteiger partial charge in [0.1, 0.15) is 5.82 Å². The quantitative estimate of drug-likeness (QED) is 0.576. The van der Waals surface area contributed by atoms with Crippen LogP contribution in [-0.4, -0.2) is 11.4 Å². The second-order valence-electron chi connectivity index (χ2n) is 2.93. The SMILES string of the molecule is C=CC(=N)/C(C)=N/Nc1ccc(F)cc1. The van der Waals surface area contributed by atoms with Gasteiger partial charge in [-0.05, 0) is 37.3 Å². The van der Waals surface area contributed by atoms with E-state index >= 15 is 0 Å². The summed E-state index contributed by atoms with van der Waals surface area (Å²) in [4.78, 5) is 0. The summed E-state index contributed by atoms with van der Waals surface area (Å²) in [5.41, 5.74) is 4.17. The molecule has 0 fully saturated rings. The Kier molecular flexibility index (Phi) is 3.74. The largest absolute Gasteiger partial charge is 0.299 e. The van der Waals surface area contributed by atoms with E-state index < -0.39 is 0 Å². The van der Waals surface area contributed by atoms with Crippen LogP contribution >= 0.6 is 0 Å². The van der Waals surface area contributed by atoms with E-state index in [1.807, 2.05) is 0 Å². The molecule has 0 aromatic heterocycles. The highest BCUT2D eigenvalue weighted by Crippen LogP contribution is 2.07. The van der Waals surface area contributed by atoms with Crippen molar-refractivity contribution in [2.75, 3.05) is 5.43 Å². The van der Waals surface area contributed by atoms with Crippen LogP contribution in [0.4, 0.5) is 10.1 Å². The Morgan fingerprint density at radius 2 is 2.07 bits per heavy atom. The van der Waals surface area contributed by atoms with Crippen LogP contribution in [0.15, 0.2) is 42.0 Å². The molecule has 3 nitrogen and oxygen atoms in total. The van der Waals surface area contributed by atoms with Crippen LogP contribution in [0.1, 0.15) is 6.92 Å². The monoisotopic (exact) mass is 205 g/mol. The van der Waals surface area contributed by atoms with Crippen LogP contribution in [-0.2, 0) is 0 Å². The predicted molar refractivity (Wildman–Crippen MR) is 61.1 cm³/mol. The summed E-state index contributed by atoms with van der Waals surface area (Å²) in [6.07, 6.45) is 1.41. The van der Waals surface area contributed by atoms with Gasteiger partial charge in [-0.1, -0.05) is 6.58 Å². The second-order valence-corrected chi connectivity index (χ2v) is 2.93. The summed E-state index contributed by atoms with van der Waals surface area (Å²) < 4.78 is 12.6. The highest BCUT2D eigenvalue weighted by atomic mass is 19.1. The standard InChI is InChI=1S/C11H12FN3/c1-3-11(13)8(2)14-15-10-6-4-9(12)5-7-10/h3-7,13,15H,1H2,2H3/b13-11?,14-8+. The second kappa shape index (κ2) is 5.05. The fraction of sp³-hybridized carbons (Fsp3) is 0.0909. The molecular weight excluding hydrogens is 193 g/mol. The third-order valence-corrected chi connectivity index (χ3v) is 1.79. The summed E-state index contributed by atoms with van der Waals surface area (Å²) in [5.74, 6) is -0.292. The van der Waals surface area contributed by atoms with Gasteiger partial charge in [0.2, 0.25) is 0 Å². The summed E-state index contributed by atoms with van der Waals surface area (Å²) in [6, 6.07) is 5.82. The molecule has 0 aliphatic rings. The number of benzene rings is 1. The fourth-order valence-electron chi connectivity index (χ4n) is 0.881. The fourth-order valence-corrected chi connectivity index (χ4v) is 0.881. The summed E-state index contributed by atoms with van der Waals surface area (Å²) in [5, 5.41) is 11.3. The van der Waals surface area contributed by atoms with Crippen LogP contribution in [0.25, 0.3) is 0 Å². The number of allylic oxidation sites excluding steroid dienone is 1. The van der Waals surface area contributed by atoms with Gasteiger partial charge >= 0.3 is 0 Å². The zero-order valence-corrected chi connectivity index (χ0v) is 8.42. The van der Waals surface area contributed by atoms with Crippen molar-refractivity contribution in [2.24, 2.45) is 5.10 Å². The molecule has 0 saturated carbocycles. The zero-order valence-electron chi connectivity index (χ0n) is 8.42. The van der Waals surface area contributed by atoms with Gasteiger partial charge in [-0.3, -0.25) is 10.8 Å². The van der Waals surface area contributed by atoms with E-state index in [0.29, 0.717) is 11.4 Å². The first-order valence-electron chi connectivity index (χ1n) is 4.40. The molecule has 1 aromatic carbocycles. The average molecular weight is 205 g/mol. The molecule has 0 atom stereocenters. The van der Waals surface area contributed by atoms with Crippen molar-refractivity contribution >= 4 is 17.1 Å². The van der Waals surface area contributed by atoms with Crippen LogP contribution in [0, 0.1) is 11.2 Å². The molecule has 0 bridgehead atoms. The Balaban J connectivity index is 2.67. The van der Waals surface area contributed by atoms with Gasteiger partial charge in [0.15, 0.2) is 0 Å². The summed E-state index contributed by atoms with van der Waals surface area (Å²) in [7, 11) is 0. The maximum Gasteiger partial charge on any atom is 0.123 e. The third-order valence-electron chi connectivity index (χ3n) is 1.79. The maximum atomic E-state index is 12.6. The molecule has 0 amide bonds. The Bertz CT molecular complexity index is 393. The molecule has 1 rings (SSSR count). The van der Waals surface area contributed by atoms with Crippen LogP contribution in [0.3, 0.4) is 0 Å². The van der Waals surface area contributed by atoms with Crippen molar-refractivity contribution in [3.05, 3.63) is 42.7 Å². The van der Waals surface area contributed by atoms with Crippen LogP contribution < -0.4 is 5.43 Å².